The number of carbonyl (C=O) groups is 1. The second kappa shape index (κ2) is 7.55. The second-order valence-corrected chi connectivity index (χ2v) is 8.44. The Morgan fingerprint density at radius 2 is 2.17 bits per heavy atom. The molecule has 5 rings (SSSR count). The molecule has 3 aromatic heterocycles. The van der Waals surface area contributed by atoms with E-state index in [1.54, 1.807) is 10.8 Å². The summed E-state index contributed by atoms with van der Waals surface area (Å²) < 4.78 is 3.71. The normalized spacial score (nSPS) is 18.7. The predicted octanol–water partition coefficient (Wildman–Crippen LogP) is 1.65. The van der Waals surface area contributed by atoms with Crippen LogP contribution in [-0.2, 0) is 20.0 Å². The minimum atomic E-state index is -0.134. The number of imidazole rings is 1. The standard InChI is InChI=1S/C19H22N6O2S.ClH/c1-11-14-17(22-13-4-3-7-25(13)18(14)26)28-15(11)19(27)24-9-5-20-10-12(24)16-21-6-8-23(16)2;/h6,8,12,20H,3-5,7,9-10H2,1-2H3;1H. The maximum atomic E-state index is 13.5. The number of aryl methyl sites for hydroxylation is 3. The van der Waals surface area contributed by atoms with E-state index in [1.807, 2.05) is 29.6 Å². The highest BCUT2D eigenvalue weighted by Crippen LogP contribution is 2.32. The SMILES string of the molecule is Cc1c(C(=O)N2CCNCC2c2nccn2C)sc2nc3n(c(=O)c12)CCC3.Cl. The molecule has 1 fully saturated rings. The van der Waals surface area contributed by atoms with E-state index in [9.17, 15) is 9.59 Å². The lowest BCUT2D eigenvalue weighted by molar-refractivity contribution is 0.0625. The quantitative estimate of drug-likeness (QED) is 0.663. The van der Waals surface area contributed by atoms with Gasteiger partial charge in [-0.15, -0.1) is 23.7 Å². The van der Waals surface area contributed by atoms with E-state index in [-0.39, 0.29) is 29.9 Å². The van der Waals surface area contributed by atoms with Crippen LogP contribution in [0.4, 0.5) is 0 Å². The van der Waals surface area contributed by atoms with Gasteiger partial charge in [-0.25, -0.2) is 9.97 Å². The van der Waals surface area contributed by atoms with Crippen molar-refractivity contribution in [1.29, 1.82) is 0 Å². The van der Waals surface area contributed by atoms with E-state index >= 15 is 0 Å². The van der Waals surface area contributed by atoms with Crippen LogP contribution in [0.2, 0.25) is 0 Å². The van der Waals surface area contributed by atoms with E-state index in [0.29, 0.717) is 34.7 Å². The van der Waals surface area contributed by atoms with Gasteiger partial charge in [0.1, 0.15) is 22.5 Å². The molecule has 3 aromatic rings. The van der Waals surface area contributed by atoms with Crippen molar-refractivity contribution >= 4 is 39.9 Å². The van der Waals surface area contributed by atoms with E-state index in [0.717, 1.165) is 36.6 Å². The van der Waals surface area contributed by atoms with Gasteiger partial charge in [0.05, 0.1) is 10.3 Å². The predicted molar refractivity (Wildman–Crippen MR) is 114 cm³/mol. The summed E-state index contributed by atoms with van der Waals surface area (Å²) in [5.41, 5.74) is 0.744. The molecule has 29 heavy (non-hydrogen) atoms. The third-order valence-electron chi connectivity index (χ3n) is 5.77. The summed E-state index contributed by atoms with van der Waals surface area (Å²) >= 11 is 1.35. The first-order valence-electron chi connectivity index (χ1n) is 9.58. The van der Waals surface area contributed by atoms with Crippen LogP contribution in [0.15, 0.2) is 17.2 Å². The van der Waals surface area contributed by atoms with Crippen LogP contribution in [0.3, 0.4) is 0 Å². The van der Waals surface area contributed by atoms with Crippen LogP contribution in [0, 0.1) is 6.92 Å². The lowest BCUT2D eigenvalue weighted by Gasteiger charge is -2.35. The molecule has 0 bridgehead atoms. The Kier molecular flexibility index (Phi) is 5.22. The van der Waals surface area contributed by atoms with Crippen LogP contribution >= 0.6 is 23.7 Å². The third-order valence-corrected chi connectivity index (χ3v) is 6.94. The smallest absolute Gasteiger partial charge is 0.265 e. The van der Waals surface area contributed by atoms with Crippen LogP contribution < -0.4 is 10.9 Å². The summed E-state index contributed by atoms with van der Waals surface area (Å²) in [5, 5.41) is 3.96. The van der Waals surface area contributed by atoms with Crippen molar-refractivity contribution in [1.82, 2.24) is 29.3 Å². The molecule has 1 atom stereocenters. The molecule has 0 saturated carbocycles. The van der Waals surface area contributed by atoms with Gasteiger partial charge < -0.3 is 14.8 Å². The fourth-order valence-electron chi connectivity index (χ4n) is 4.29. The molecule has 1 N–H and O–H groups in total. The number of nitrogens with one attached hydrogen (secondary N) is 1. The van der Waals surface area contributed by atoms with Crippen molar-refractivity contribution in [2.24, 2.45) is 7.05 Å². The summed E-state index contributed by atoms with van der Waals surface area (Å²) in [7, 11) is 1.94. The maximum absolute atomic E-state index is 13.5. The fourth-order valence-corrected chi connectivity index (χ4v) is 5.43. The fraction of sp³-hybridized carbons (Fsp3) is 0.474. The zero-order chi connectivity index (χ0) is 19.4. The number of aromatic nitrogens is 4. The molecule has 0 aromatic carbocycles. The molecule has 0 radical (unpaired) electrons. The average Bonchev–Trinajstić information content (AvgIpc) is 3.41. The van der Waals surface area contributed by atoms with Crippen LogP contribution in [0.5, 0.6) is 0 Å². The van der Waals surface area contributed by atoms with Gasteiger partial charge in [0.2, 0.25) is 0 Å². The van der Waals surface area contributed by atoms with Crippen molar-refractivity contribution in [3.8, 4) is 0 Å². The Morgan fingerprint density at radius 1 is 1.34 bits per heavy atom. The molecule has 1 amide bonds. The maximum Gasteiger partial charge on any atom is 0.265 e. The van der Waals surface area contributed by atoms with Gasteiger partial charge >= 0.3 is 0 Å². The van der Waals surface area contributed by atoms with Gasteiger partial charge in [0.25, 0.3) is 11.5 Å². The number of hydrogen-bond acceptors (Lipinski definition) is 6. The largest absolute Gasteiger partial charge is 0.336 e. The van der Waals surface area contributed by atoms with Gasteiger partial charge in [0, 0.05) is 52.0 Å². The second-order valence-electron chi connectivity index (χ2n) is 7.44. The van der Waals surface area contributed by atoms with Crippen molar-refractivity contribution in [2.45, 2.75) is 32.4 Å². The Balaban J connectivity index is 0.00000205. The first kappa shape index (κ1) is 20.1. The summed E-state index contributed by atoms with van der Waals surface area (Å²) in [5.74, 6) is 1.65. The van der Waals surface area contributed by atoms with Gasteiger partial charge in [0.15, 0.2) is 0 Å². The number of halogens is 1. The van der Waals surface area contributed by atoms with Crippen molar-refractivity contribution in [3.05, 3.63) is 44.8 Å². The average molecular weight is 435 g/mol. The first-order chi connectivity index (χ1) is 13.6. The molecular formula is C19H23ClN6O2S. The third kappa shape index (κ3) is 3.08. The van der Waals surface area contributed by atoms with Crippen molar-refractivity contribution in [3.63, 3.8) is 0 Å². The highest BCUT2D eigenvalue weighted by molar-refractivity contribution is 7.20. The molecule has 1 saturated heterocycles. The van der Waals surface area contributed by atoms with Gasteiger partial charge in [-0.05, 0) is 18.9 Å². The number of piperazine rings is 1. The Bertz CT molecular complexity index is 1150. The highest BCUT2D eigenvalue weighted by atomic mass is 35.5. The number of carbonyl (C=O) groups excluding carboxylic acids is 1. The summed E-state index contributed by atoms with van der Waals surface area (Å²) in [6.07, 6.45) is 5.42. The summed E-state index contributed by atoms with van der Waals surface area (Å²) in [6, 6.07) is -0.134. The number of rotatable bonds is 2. The monoisotopic (exact) mass is 434 g/mol. The molecule has 2 aliphatic rings. The molecule has 10 heteroatoms. The zero-order valence-corrected chi connectivity index (χ0v) is 18.0. The lowest BCUT2D eigenvalue weighted by Crippen LogP contribution is -2.49. The van der Waals surface area contributed by atoms with Crippen molar-refractivity contribution in [2.75, 3.05) is 19.6 Å². The first-order valence-corrected chi connectivity index (χ1v) is 10.4. The van der Waals surface area contributed by atoms with E-state index in [4.69, 9.17) is 4.98 Å². The minimum Gasteiger partial charge on any atom is -0.336 e. The van der Waals surface area contributed by atoms with Crippen LogP contribution in [0.1, 0.15) is 39.3 Å². The number of fused-ring (bicyclic) bond motifs is 2. The van der Waals surface area contributed by atoms with E-state index in [1.165, 1.54) is 11.3 Å². The van der Waals surface area contributed by atoms with Gasteiger partial charge in [-0.1, -0.05) is 0 Å². The summed E-state index contributed by atoms with van der Waals surface area (Å²) in [6.45, 7) is 4.60. The van der Waals surface area contributed by atoms with Crippen molar-refractivity contribution < 1.29 is 4.79 Å². The molecule has 2 aliphatic heterocycles. The molecule has 8 nitrogen and oxygen atoms in total. The number of thiophene rings is 1. The molecular weight excluding hydrogens is 412 g/mol. The molecule has 1 unspecified atom stereocenters. The Morgan fingerprint density at radius 3 is 2.93 bits per heavy atom. The lowest BCUT2D eigenvalue weighted by atomic mass is 10.1. The number of hydrogen-bond donors (Lipinski definition) is 1. The molecule has 154 valence electrons. The van der Waals surface area contributed by atoms with E-state index < -0.39 is 0 Å². The minimum absolute atomic E-state index is 0. The highest BCUT2D eigenvalue weighted by Gasteiger charge is 2.33. The Hall–Kier alpha value is -2.23. The Labute approximate surface area is 178 Å². The number of nitrogens with zero attached hydrogens (tertiary/aromatic N) is 5. The van der Waals surface area contributed by atoms with Gasteiger partial charge in [-0.3, -0.25) is 14.2 Å². The van der Waals surface area contributed by atoms with Crippen LogP contribution in [0.25, 0.3) is 10.2 Å². The van der Waals surface area contributed by atoms with E-state index in [2.05, 4.69) is 10.3 Å². The molecule has 5 heterocycles. The molecule has 0 spiro atoms. The topological polar surface area (TPSA) is 85.1 Å². The van der Waals surface area contributed by atoms with Gasteiger partial charge in [-0.2, -0.15) is 0 Å². The zero-order valence-electron chi connectivity index (χ0n) is 16.3. The van der Waals surface area contributed by atoms with Crippen LogP contribution in [-0.4, -0.2) is 49.5 Å². The number of amides is 1. The molecule has 0 aliphatic carbocycles. The summed E-state index contributed by atoms with van der Waals surface area (Å²) in [4.78, 5) is 38.8.